The van der Waals surface area contributed by atoms with Crippen LogP contribution in [-0.2, 0) is 21.4 Å². The van der Waals surface area contributed by atoms with Gasteiger partial charge in [-0.05, 0) is 53.1 Å². The van der Waals surface area contributed by atoms with Gasteiger partial charge in [-0.15, -0.1) is 0 Å². The van der Waals surface area contributed by atoms with Crippen molar-refractivity contribution in [2.45, 2.75) is 36.5 Å². The van der Waals surface area contributed by atoms with Crippen molar-refractivity contribution in [2.24, 2.45) is 0 Å². The molecule has 4 rings (SSSR count). The lowest BCUT2D eigenvalue weighted by Crippen LogP contribution is -2.51. The van der Waals surface area contributed by atoms with Crippen LogP contribution >= 0.6 is 0 Å². The number of rotatable bonds is 6. The maximum Gasteiger partial charge on any atom is 0.322 e. The minimum Gasteiger partial charge on any atom is -0.489 e. The van der Waals surface area contributed by atoms with E-state index in [4.69, 9.17) is 4.74 Å². The molecule has 7 nitrogen and oxygen atoms in total. The zero-order valence-corrected chi connectivity index (χ0v) is 17.5. The summed E-state index contributed by atoms with van der Waals surface area (Å²) in [5.74, 6) is -0.756. The number of fused-ring (bicyclic) bond motifs is 1. The average molecular weight is 442 g/mol. The van der Waals surface area contributed by atoms with Crippen LogP contribution in [0.5, 0.6) is 5.75 Å². The van der Waals surface area contributed by atoms with E-state index in [0.717, 1.165) is 20.6 Å². The molecule has 2 unspecified atom stereocenters. The average Bonchev–Trinajstić information content (AvgIpc) is 2.77. The van der Waals surface area contributed by atoms with Gasteiger partial charge in [-0.25, -0.2) is 8.42 Å². The zero-order valence-electron chi connectivity index (χ0n) is 16.7. The van der Waals surface area contributed by atoms with Gasteiger partial charge in [-0.2, -0.15) is 4.31 Å². The van der Waals surface area contributed by atoms with Gasteiger partial charge in [0.25, 0.3) is 0 Å². The van der Waals surface area contributed by atoms with Gasteiger partial charge in [0.1, 0.15) is 18.4 Å². The van der Waals surface area contributed by atoms with Crippen LogP contribution in [0.3, 0.4) is 0 Å². The van der Waals surface area contributed by atoms with Crippen LogP contribution < -0.4 is 4.74 Å². The van der Waals surface area contributed by atoms with Crippen LogP contribution in [0.1, 0.15) is 18.4 Å². The fraction of sp³-hybridized carbons (Fsp3) is 0.261. The highest BCUT2D eigenvalue weighted by Gasteiger charge is 2.40. The second-order valence-corrected chi connectivity index (χ2v) is 9.48. The molecule has 1 aliphatic rings. The van der Waals surface area contributed by atoms with E-state index in [2.05, 4.69) is 0 Å². The van der Waals surface area contributed by atoms with Crippen LogP contribution in [-0.4, -0.2) is 47.6 Å². The van der Waals surface area contributed by atoms with Crippen molar-refractivity contribution in [1.29, 1.82) is 0 Å². The third kappa shape index (κ3) is 4.56. The molecule has 8 heteroatoms. The highest BCUT2D eigenvalue weighted by Crippen LogP contribution is 2.27. The van der Waals surface area contributed by atoms with Crippen molar-refractivity contribution in [3.05, 3.63) is 72.3 Å². The van der Waals surface area contributed by atoms with Crippen LogP contribution in [0.25, 0.3) is 10.8 Å². The highest BCUT2D eigenvalue weighted by molar-refractivity contribution is 7.89. The van der Waals surface area contributed by atoms with Gasteiger partial charge in [0, 0.05) is 13.0 Å². The summed E-state index contributed by atoms with van der Waals surface area (Å²) in [4.78, 5) is 11.5. The number of nitrogens with zero attached hydrogens (tertiary/aromatic N) is 1. The molecular formula is C23H23NO6S. The zero-order chi connectivity index (χ0) is 22.0. The minimum absolute atomic E-state index is 0.00630. The van der Waals surface area contributed by atoms with Crippen molar-refractivity contribution in [3.8, 4) is 5.75 Å². The summed E-state index contributed by atoms with van der Waals surface area (Å²) >= 11 is 0. The maximum atomic E-state index is 13.0. The van der Waals surface area contributed by atoms with E-state index in [1.54, 1.807) is 12.1 Å². The maximum absolute atomic E-state index is 13.0. The first kappa shape index (κ1) is 21.3. The normalized spacial score (nSPS) is 19.9. The summed E-state index contributed by atoms with van der Waals surface area (Å²) in [5.41, 5.74) is 0.992. The molecule has 1 heterocycles. The number of ether oxygens (including phenoxy) is 1. The smallest absolute Gasteiger partial charge is 0.322 e. The summed E-state index contributed by atoms with van der Waals surface area (Å²) < 4.78 is 32.7. The van der Waals surface area contributed by atoms with Crippen LogP contribution in [0, 0.1) is 0 Å². The first-order valence-electron chi connectivity index (χ1n) is 9.98. The molecule has 1 fully saturated rings. The summed E-state index contributed by atoms with van der Waals surface area (Å²) in [5, 5.41) is 21.4. The Labute approximate surface area is 180 Å². The summed E-state index contributed by atoms with van der Waals surface area (Å²) in [6.45, 7) is 0.294. The molecule has 1 saturated heterocycles. The number of hydrogen-bond acceptors (Lipinski definition) is 5. The number of sulfonamides is 1. The van der Waals surface area contributed by atoms with Crippen LogP contribution in [0.15, 0.2) is 71.6 Å². The van der Waals surface area contributed by atoms with Crippen molar-refractivity contribution < 1.29 is 28.2 Å². The monoisotopic (exact) mass is 441 g/mol. The molecule has 3 aromatic rings. The van der Waals surface area contributed by atoms with E-state index in [1.165, 1.54) is 12.1 Å². The lowest BCUT2D eigenvalue weighted by atomic mass is 10.0. The van der Waals surface area contributed by atoms with E-state index in [9.17, 15) is 23.4 Å². The van der Waals surface area contributed by atoms with Crippen molar-refractivity contribution >= 4 is 26.8 Å². The first-order chi connectivity index (χ1) is 14.8. The second-order valence-electron chi connectivity index (χ2n) is 7.59. The first-order valence-corrected chi connectivity index (χ1v) is 11.4. The van der Waals surface area contributed by atoms with Crippen LogP contribution in [0.4, 0.5) is 0 Å². The van der Waals surface area contributed by atoms with Gasteiger partial charge in [-0.1, -0.05) is 36.4 Å². The topological polar surface area (TPSA) is 104 Å². The van der Waals surface area contributed by atoms with E-state index < -0.39 is 28.1 Å². The van der Waals surface area contributed by atoms with Gasteiger partial charge in [0.15, 0.2) is 0 Å². The Balaban J connectivity index is 1.47. The van der Waals surface area contributed by atoms with E-state index in [1.807, 2.05) is 42.5 Å². The lowest BCUT2D eigenvalue weighted by molar-refractivity contribution is -0.143. The number of aliphatic carboxylic acids is 1. The predicted molar refractivity (Wildman–Crippen MR) is 115 cm³/mol. The van der Waals surface area contributed by atoms with Gasteiger partial charge in [-0.3, -0.25) is 4.79 Å². The molecule has 0 saturated carbocycles. The second kappa shape index (κ2) is 8.66. The molecule has 0 radical (unpaired) electrons. The molecule has 1 aliphatic heterocycles. The van der Waals surface area contributed by atoms with E-state index >= 15 is 0 Å². The fourth-order valence-corrected chi connectivity index (χ4v) is 5.38. The van der Waals surface area contributed by atoms with Gasteiger partial charge < -0.3 is 14.9 Å². The van der Waals surface area contributed by atoms with Gasteiger partial charge in [0.05, 0.1) is 11.0 Å². The number of benzene rings is 3. The molecule has 31 heavy (non-hydrogen) atoms. The molecule has 162 valence electrons. The lowest BCUT2D eigenvalue weighted by Gasteiger charge is -2.34. The summed E-state index contributed by atoms with van der Waals surface area (Å²) in [6, 6.07) is 18.7. The van der Waals surface area contributed by atoms with Crippen molar-refractivity contribution in [2.75, 3.05) is 6.54 Å². The van der Waals surface area contributed by atoms with Gasteiger partial charge >= 0.3 is 5.97 Å². The molecule has 0 aliphatic carbocycles. The molecule has 2 N–H and O–H groups in total. The molecule has 0 bridgehead atoms. The van der Waals surface area contributed by atoms with Crippen molar-refractivity contribution in [3.63, 3.8) is 0 Å². The predicted octanol–water partition coefficient (Wildman–Crippen LogP) is 3.02. The number of carboxylic acids is 1. The summed E-state index contributed by atoms with van der Waals surface area (Å²) in [7, 11) is -4.00. The number of hydrogen-bond donors (Lipinski definition) is 2. The molecule has 2 atom stereocenters. The summed E-state index contributed by atoms with van der Waals surface area (Å²) in [6.07, 6.45) is -0.740. The Morgan fingerprint density at radius 1 is 1.03 bits per heavy atom. The fourth-order valence-electron chi connectivity index (χ4n) is 3.78. The van der Waals surface area contributed by atoms with Gasteiger partial charge in [0.2, 0.25) is 10.0 Å². The standard InChI is InChI=1S/C23H23NO6S/c25-19-11-12-24(22(14-19)23(26)27)31(28,29)21-9-7-20(8-10-21)30-15-16-5-6-17-3-1-2-4-18(17)13-16/h1-10,13,19,22,25H,11-12,14-15H2,(H,26,27). The van der Waals surface area contributed by atoms with E-state index in [-0.39, 0.29) is 24.3 Å². The van der Waals surface area contributed by atoms with Crippen LogP contribution in [0.2, 0.25) is 0 Å². The Hall–Kier alpha value is -2.94. The minimum atomic E-state index is -4.00. The molecule has 0 aromatic heterocycles. The molecule has 0 amide bonds. The molecule has 3 aromatic carbocycles. The Morgan fingerprint density at radius 3 is 2.45 bits per heavy atom. The Bertz CT molecular complexity index is 1190. The molecular weight excluding hydrogens is 418 g/mol. The Kier molecular flexibility index (Phi) is 5.95. The molecule has 0 spiro atoms. The number of aliphatic hydroxyl groups excluding tert-OH is 1. The number of carbonyl (C=O) groups is 1. The number of piperidine rings is 1. The Morgan fingerprint density at radius 2 is 1.74 bits per heavy atom. The highest BCUT2D eigenvalue weighted by atomic mass is 32.2. The third-order valence-electron chi connectivity index (χ3n) is 5.46. The largest absolute Gasteiger partial charge is 0.489 e. The SMILES string of the molecule is O=C(O)C1CC(O)CCN1S(=O)(=O)c1ccc(OCc2ccc3ccccc3c2)cc1. The number of carboxylic acid groups (broad SMARTS) is 1. The van der Waals surface area contributed by atoms with E-state index in [0.29, 0.717) is 12.4 Å². The number of aliphatic hydroxyl groups is 1. The quantitative estimate of drug-likeness (QED) is 0.609. The van der Waals surface area contributed by atoms with Crippen molar-refractivity contribution in [1.82, 2.24) is 4.31 Å². The third-order valence-corrected chi connectivity index (χ3v) is 7.38.